The molecule has 0 radical (unpaired) electrons. The summed E-state index contributed by atoms with van der Waals surface area (Å²) in [5.74, 6) is 0.198. The van der Waals surface area contributed by atoms with Gasteiger partial charge in [0.1, 0.15) is 5.69 Å². The van der Waals surface area contributed by atoms with Gasteiger partial charge in [-0.15, -0.1) is 0 Å². The summed E-state index contributed by atoms with van der Waals surface area (Å²) in [5, 5.41) is 11.3. The summed E-state index contributed by atoms with van der Waals surface area (Å²) >= 11 is 0. The zero-order chi connectivity index (χ0) is 20.8. The lowest BCUT2D eigenvalue weighted by atomic mass is 9.85. The van der Waals surface area contributed by atoms with E-state index in [4.69, 9.17) is 0 Å². The van der Waals surface area contributed by atoms with Crippen molar-refractivity contribution in [2.24, 2.45) is 5.92 Å². The van der Waals surface area contributed by atoms with E-state index in [2.05, 4.69) is 35.5 Å². The number of hydrogen-bond acceptors (Lipinski definition) is 5. The highest BCUT2D eigenvalue weighted by Gasteiger charge is 2.25. The number of aromatic nitrogens is 6. The molecule has 5 aromatic heterocycles. The van der Waals surface area contributed by atoms with Gasteiger partial charge in [-0.3, -0.25) is 19.9 Å². The Morgan fingerprint density at radius 2 is 1.97 bits per heavy atom. The van der Waals surface area contributed by atoms with Gasteiger partial charge < -0.3 is 10.3 Å². The SMILES string of the molecule is O=C(Nc1cncc(-c2cnc3[nH]nc(-c4cc5ncccc5[nH]4)c3c2)c1)C1CCC1. The molecule has 0 aliphatic heterocycles. The highest BCUT2D eigenvalue weighted by Crippen LogP contribution is 2.31. The third-order valence-electron chi connectivity index (χ3n) is 5.88. The van der Waals surface area contributed by atoms with Crippen molar-refractivity contribution in [1.29, 1.82) is 0 Å². The van der Waals surface area contributed by atoms with E-state index in [-0.39, 0.29) is 11.8 Å². The number of aromatic amines is 2. The molecular weight excluding hydrogens is 390 g/mol. The zero-order valence-electron chi connectivity index (χ0n) is 16.6. The summed E-state index contributed by atoms with van der Waals surface area (Å²) in [4.78, 5) is 28.9. The van der Waals surface area contributed by atoms with E-state index in [9.17, 15) is 4.79 Å². The smallest absolute Gasteiger partial charge is 0.227 e. The van der Waals surface area contributed by atoms with Gasteiger partial charge in [-0.05, 0) is 43.2 Å². The van der Waals surface area contributed by atoms with Crippen LogP contribution in [0.5, 0.6) is 0 Å². The molecule has 5 heterocycles. The molecule has 8 heteroatoms. The third-order valence-corrected chi connectivity index (χ3v) is 5.88. The number of hydrogen-bond donors (Lipinski definition) is 3. The molecule has 1 amide bonds. The van der Waals surface area contributed by atoms with E-state index in [1.54, 1.807) is 24.8 Å². The number of carbonyl (C=O) groups is 1. The van der Waals surface area contributed by atoms with Crippen molar-refractivity contribution in [2.45, 2.75) is 19.3 Å². The summed E-state index contributed by atoms with van der Waals surface area (Å²) < 4.78 is 0. The van der Waals surface area contributed by atoms with Crippen LogP contribution < -0.4 is 5.32 Å². The van der Waals surface area contributed by atoms with Gasteiger partial charge in [0, 0.05) is 41.0 Å². The van der Waals surface area contributed by atoms with Crippen molar-refractivity contribution in [1.82, 2.24) is 30.1 Å². The highest BCUT2D eigenvalue weighted by atomic mass is 16.1. The van der Waals surface area contributed by atoms with E-state index in [1.165, 1.54) is 0 Å². The molecule has 0 unspecified atom stereocenters. The third kappa shape index (κ3) is 3.13. The normalized spacial score (nSPS) is 14.1. The minimum absolute atomic E-state index is 0.0725. The van der Waals surface area contributed by atoms with Crippen molar-refractivity contribution in [3.63, 3.8) is 0 Å². The first-order valence-corrected chi connectivity index (χ1v) is 10.3. The molecule has 1 fully saturated rings. The fraction of sp³-hybridized carbons (Fsp3) is 0.174. The molecule has 8 nitrogen and oxygen atoms in total. The summed E-state index contributed by atoms with van der Waals surface area (Å²) in [6, 6.07) is 9.83. The van der Waals surface area contributed by atoms with Gasteiger partial charge in [0.2, 0.25) is 5.91 Å². The maximum atomic E-state index is 12.3. The van der Waals surface area contributed by atoms with Crippen LogP contribution in [0.25, 0.3) is 44.6 Å². The lowest BCUT2D eigenvalue weighted by Crippen LogP contribution is -2.28. The zero-order valence-corrected chi connectivity index (χ0v) is 16.6. The molecule has 0 bridgehead atoms. The van der Waals surface area contributed by atoms with Crippen LogP contribution in [0.15, 0.2) is 55.1 Å². The van der Waals surface area contributed by atoms with Gasteiger partial charge in [0.05, 0.1) is 28.6 Å². The van der Waals surface area contributed by atoms with Gasteiger partial charge >= 0.3 is 0 Å². The Kier molecular flexibility index (Phi) is 4.02. The topological polar surface area (TPSA) is 112 Å². The summed E-state index contributed by atoms with van der Waals surface area (Å²) in [5.41, 5.74) is 6.68. The van der Waals surface area contributed by atoms with Crippen molar-refractivity contribution in [3.8, 4) is 22.5 Å². The molecule has 1 aliphatic rings. The summed E-state index contributed by atoms with van der Waals surface area (Å²) in [7, 11) is 0. The van der Waals surface area contributed by atoms with E-state index >= 15 is 0 Å². The molecule has 0 atom stereocenters. The van der Waals surface area contributed by atoms with Crippen LogP contribution in [-0.4, -0.2) is 36.0 Å². The van der Waals surface area contributed by atoms with Crippen LogP contribution in [0.4, 0.5) is 5.69 Å². The number of amides is 1. The van der Waals surface area contributed by atoms with Crippen LogP contribution in [-0.2, 0) is 4.79 Å². The van der Waals surface area contributed by atoms with Crippen LogP contribution in [0.3, 0.4) is 0 Å². The van der Waals surface area contributed by atoms with Gasteiger partial charge in [-0.2, -0.15) is 5.10 Å². The molecule has 1 aliphatic carbocycles. The van der Waals surface area contributed by atoms with Crippen molar-refractivity contribution in [3.05, 3.63) is 55.1 Å². The minimum atomic E-state index is 0.0725. The molecule has 31 heavy (non-hydrogen) atoms. The Labute approximate surface area is 177 Å². The largest absolute Gasteiger partial charge is 0.352 e. The Bertz CT molecular complexity index is 1400. The second-order valence-corrected chi connectivity index (χ2v) is 7.89. The molecule has 0 spiro atoms. The van der Waals surface area contributed by atoms with Gasteiger partial charge in [0.25, 0.3) is 0 Å². The van der Waals surface area contributed by atoms with E-state index in [1.807, 2.05) is 30.3 Å². The number of carbonyl (C=O) groups excluding carboxylic acids is 1. The average Bonchev–Trinajstić information content (AvgIpc) is 3.36. The number of rotatable bonds is 4. The van der Waals surface area contributed by atoms with Crippen LogP contribution in [0.1, 0.15) is 19.3 Å². The van der Waals surface area contributed by atoms with Crippen LogP contribution in [0.2, 0.25) is 0 Å². The van der Waals surface area contributed by atoms with E-state index in [0.29, 0.717) is 11.3 Å². The fourth-order valence-corrected chi connectivity index (χ4v) is 3.93. The molecule has 5 aromatic rings. The molecular formula is C23H19N7O. The molecule has 0 aromatic carbocycles. The lowest BCUT2D eigenvalue weighted by molar-refractivity contribution is -0.122. The standard InChI is InChI=1S/C23H19N7O/c31-23(13-3-1-4-13)27-16-7-14(10-24-12-16)15-8-17-21(29-30-22(17)26-11-15)20-9-19-18(28-20)5-2-6-25-19/h2,5-13,28H,1,3-4H2,(H,27,31)(H,26,29,30). The Hall–Kier alpha value is -4.07. The average molecular weight is 409 g/mol. The molecule has 152 valence electrons. The number of pyridine rings is 3. The van der Waals surface area contributed by atoms with Gasteiger partial charge in [0.15, 0.2) is 5.65 Å². The summed E-state index contributed by atoms with van der Waals surface area (Å²) in [6.45, 7) is 0. The second kappa shape index (κ2) is 7.02. The van der Waals surface area contributed by atoms with Gasteiger partial charge in [-0.1, -0.05) is 6.42 Å². The number of nitrogens with one attached hydrogen (secondary N) is 3. The van der Waals surface area contributed by atoms with E-state index in [0.717, 1.165) is 58.2 Å². The summed E-state index contributed by atoms with van der Waals surface area (Å²) in [6.07, 6.45) is 10.1. The lowest BCUT2D eigenvalue weighted by Gasteiger charge is -2.24. The fourth-order valence-electron chi connectivity index (χ4n) is 3.93. The Balaban J connectivity index is 1.37. The maximum Gasteiger partial charge on any atom is 0.227 e. The predicted molar refractivity (Wildman–Crippen MR) is 118 cm³/mol. The van der Waals surface area contributed by atoms with Crippen LogP contribution in [0, 0.1) is 5.92 Å². The van der Waals surface area contributed by atoms with E-state index < -0.39 is 0 Å². The first-order chi connectivity index (χ1) is 15.2. The Morgan fingerprint density at radius 3 is 2.81 bits per heavy atom. The highest BCUT2D eigenvalue weighted by molar-refractivity contribution is 5.96. The molecule has 6 rings (SSSR count). The maximum absolute atomic E-state index is 12.3. The van der Waals surface area contributed by atoms with Crippen molar-refractivity contribution in [2.75, 3.05) is 5.32 Å². The van der Waals surface area contributed by atoms with Crippen molar-refractivity contribution >= 4 is 33.7 Å². The molecule has 3 N–H and O–H groups in total. The second-order valence-electron chi connectivity index (χ2n) is 7.89. The quantitative estimate of drug-likeness (QED) is 0.410. The minimum Gasteiger partial charge on any atom is -0.352 e. The van der Waals surface area contributed by atoms with Crippen LogP contribution >= 0.6 is 0 Å². The monoisotopic (exact) mass is 409 g/mol. The van der Waals surface area contributed by atoms with Gasteiger partial charge in [-0.25, -0.2) is 4.98 Å². The molecule has 1 saturated carbocycles. The predicted octanol–water partition coefficient (Wildman–Crippen LogP) is 4.30. The number of anilines is 1. The first kappa shape index (κ1) is 17.8. The number of nitrogens with zero attached hydrogens (tertiary/aromatic N) is 4. The number of H-pyrrole nitrogens is 2. The number of fused-ring (bicyclic) bond motifs is 2. The Morgan fingerprint density at radius 1 is 1.06 bits per heavy atom. The molecule has 0 saturated heterocycles. The van der Waals surface area contributed by atoms with Crippen molar-refractivity contribution < 1.29 is 4.79 Å². The first-order valence-electron chi connectivity index (χ1n) is 10.3.